The maximum Gasteiger partial charge on any atom is 0.292 e. The van der Waals surface area contributed by atoms with Crippen molar-refractivity contribution in [3.05, 3.63) is 64.2 Å². The van der Waals surface area contributed by atoms with Crippen molar-refractivity contribution in [3.63, 3.8) is 0 Å². The number of rotatable bonds is 5. The maximum absolute atomic E-state index is 11.9. The van der Waals surface area contributed by atoms with Crippen LogP contribution in [0.15, 0.2) is 53.4 Å². The van der Waals surface area contributed by atoms with Gasteiger partial charge in [0.25, 0.3) is 5.69 Å². The lowest BCUT2D eigenvalue weighted by atomic mass is 10.2. The second kappa shape index (κ2) is 6.90. The molecule has 108 valence electrons. The molecule has 6 heteroatoms. The summed E-state index contributed by atoms with van der Waals surface area (Å²) in [5.41, 5.74) is 1.24. The van der Waals surface area contributed by atoms with E-state index in [2.05, 4.69) is 5.32 Å². The number of carbonyl (C=O) groups is 1. The number of nitro benzene ring substituents is 1. The Balaban J connectivity index is 1.98. The number of para-hydroxylation sites is 2. The molecule has 2 aromatic rings. The van der Waals surface area contributed by atoms with Crippen molar-refractivity contribution in [2.24, 2.45) is 0 Å². The molecule has 0 fully saturated rings. The van der Waals surface area contributed by atoms with E-state index in [9.17, 15) is 14.9 Å². The molecule has 1 N–H and O–H groups in total. The van der Waals surface area contributed by atoms with Crippen molar-refractivity contribution in [3.8, 4) is 0 Å². The van der Waals surface area contributed by atoms with Gasteiger partial charge in [-0.25, -0.2) is 0 Å². The third-order valence-electron chi connectivity index (χ3n) is 2.73. The SMILES string of the molecule is Cc1cccc(SCC(=O)Nc2ccccc2[N+](=O)[O-])c1. The summed E-state index contributed by atoms with van der Waals surface area (Å²) in [6.07, 6.45) is 0. The third kappa shape index (κ3) is 4.32. The average molecular weight is 302 g/mol. The number of anilines is 1. The van der Waals surface area contributed by atoms with Crippen molar-refractivity contribution in [2.75, 3.05) is 11.1 Å². The van der Waals surface area contributed by atoms with Crippen LogP contribution in [0, 0.1) is 17.0 Å². The number of benzene rings is 2. The Hall–Kier alpha value is -2.34. The van der Waals surface area contributed by atoms with Crippen LogP contribution >= 0.6 is 11.8 Å². The molecule has 0 aliphatic heterocycles. The van der Waals surface area contributed by atoms with E-state index in [1.807, 2.05) is 31.2 Å². The Morgan fingerprint density at radius 2 is 2.00 bits per heavy atom. The zero-order chi connectivity index (χ0) is 15.2. The van der Waals surface area contributed by atoms with E-state index >= 15 is 0 Å². The molecule has 2 aromatic carbocycles. The molecule has 0 spiro atoms. The predicted octanol–water partition coefficient (Wildman–Crippen LogP) is 3.63. The maximum atomic E-state index is 11.9. The van der Waals surface area contributed by atoms with Crippen molar-refractivity contribution < 1.29 is 9.72 Å². The number of amides is 1. The number of hydrogen-bond acceptors (Lipinski definition) is 4. The Labute approximate surface area is 126 Å². The number of nitrogens with one attached hydrogen (secondary N) is 1. The summed E-state index contributed by atoms with van der Waals surface area (Å²) < 4.78 is 0. The van der Waals surface area contributed by atoms with Crippen molar-refractivity contribution >= 4 is 29.0 Å². The van der Waals surface area contributed by atoms with Crippen LogP contribution < -0.4 is 5.32 Å². The summed E-state index contributed by atoms with van der Waals surface area (Å²) in [5, 5.41) is 13.4. The van der Waals surface area contributed by atoms with Crippen molar-refractivity contribution in [1.29, 1.82) is 0 Å². The number of thioether (sulfide) groups is 1. The fraction of sp³-hybridized carbons (Fsp3) is 0.133. The number of carbonyl (C=O) groups excluding carboxylic acids is 1. The molecular weight excluding hydrogens is 288 g/mol. The van der Waals surface area contributed by atoms with Gasteiger partial charge in [-0.3, -0.25) is 14.9 Å². The average Bonchev–Trinajstić information content (AvgIpc) is 2.45. The van der Waals surface area contributed by atoms with Gasteiger partial charge < -0.3 is 5.32 Å². The summed E-state index contributed by atoms with van der Waals surface area (Å²) in [6.45, 7) is 1.98. The van der Waals surface area contributed by atoms with E-state index in [0.717, 1.165) is 10.5 Å². The van der Waals surface area contributed by atoms with Crippen molar-refractivity contribution in [1.82, 2.24) is 0 Å². The highest BCUT2D eigenvalue weighted by Crippen LogP contribution is 2.24. The Morgan fingerprint density at radius 3 is 2.71 bits per heavy atom. The first-order valence-corrected chi connectivity index (χ1v) is 7.27. The van der Waals surface area contributed by atoms with Gasteiger partial charge in [0.05, 0.1) is 10.7 Å². The molecule has 0 saturated carbocycles. The molecule has 0 radical (unpaired) electrons. The van der Waals surface area contributed by atoms with Gasteiger partial charge in [0, 0.05) is 11.0 Å². The second-order valence-corrected chi connectivity index (χ2v) is 5.48. The van der Waals surface area contributed by atoms with Crippen LogP contribution in [0.3, 0.4) is 0 Å². The number of nitrogens with zero attached hydrogens (tertiary/aromatic N) is 1. The number of aryl methyl sites for hydroxylation is 1. The Bertz CT molecular complexity index is 673. The molecule has 0 aliphatic rings. The minimum Gasteiger partial charge on any atom is -0.320 e. The quantitative estimate of drug-likeness (QED) is 0.520. The molecule has 5 nitrogen and oxygen atoms in total. The van der Waals surface area contributed by atoms with Crippen LogP contribution in [0.2, 0.25) is 0 Å². The van der Waals surface area contributed by atoms with Crippen LogP contribution in [-0.4, -0.2) is 16.6 Å². The largest absolute Gasteiger partial charge is 0.320 e. The number of nitro groups is 1. The van der Waals surface area contributed by atoms with Crippen LogP contribution in [0.1, 0.15) is 5.56 Å². The van der Waals surface area contributed by atoms with Crippen molar-refractivity contribution in [2.45, 2.75) is 11.8 Å². The minimum atomic E-state index is -0.511. The normalized spacial score (nSPS) is 10.1. The van der Waals surface area contributed by atoms with E-state index in [-0.39, 0.29) is 23.0 Å². The van der Waals surface area contributed by atoms with Gasteiger partial charge in [0.1, 0.15) is 5.69 Å². The summed E-state index contributed by atoms with van der Waals surface area (Å²) in [6, 6.07) is 13.9. The predicted molar refractivity (Wildman–Crippen MR) is 83.6 cm³/mol. The van der Waals surface area contributed by atoms with E-state index in [0.29, 0.717) is 0 Å². The first kappa shape index (κ1) is 15.1. The number of hydrogen-bond donors (Lipinski definition) is 1. The van der Waals surface area contributed by atoms with Gasteiger partial charge in [-0.2, -0.15) is 0 Å². The van der Waals surface area contributed by atoms with Gasteiger partial charge in [-0.05, 0) is 25.1 Å². The fourth-order valence-electron chi connectivity index (χ4n) is 1.78. The molecule has 0 bridgehead atoms. The lowest BCUT2D eigenvalue weighted by Gasteiger charge is -2.06. The molecule has 0 atom stereocenters. The highest BCUT2D eigenvalue weighted by molar-refractivity contribution is 8.00. The first-order chi connectivity index (χ1) is 10.1. The van der Waals surface area contributed by atoms with Crippen LogP contribution in [-0.2, 0) is 4.79 Å². The lowest BCUT2D eigenvalue weighted by molar-refractivity contribution is -0.383. The van der Waals surface area contributed by atoms with Crippen LogP contribution in [0.25, 0.3) is 0 Å². The molecule has 1 amide bonds. The van der Waals surface area contributed by atoms with Gasteiger partial charge in [0.2, 0.25) is 5.91 Å². The Kier molecular flexibility index (Phi) is 4.94. The standard InChI is InChI=1S/C15H14N2O3S/c1-11-5-4-6-12(9-11)21-10-15(18)16-13-7-2-3-8-14(13)17(19)20/h2-9H,10H2,1H3,(H,16,18). The summed E-state index contributed by atoms with van der Waals surface area (Å²) in [5.74, 6) is -0.0639. The van der Waals surface area contributed by atoms with Crippen LogP contribution in [0.4, 0.5) is 11.4 Å². The molecule has 0 heterocycles. The molecule has 21 heavy (non-hydrogen) atoms. The smallest absolute Gasteiger partial charge is 0.292 e. The van der Waals surface area contributed by atoms with E-state index in [1.165, 1.54) is 23.9 Å². The zero-order valence-electron chi connectivity index (χ0n) is 11.4. The summed E-state index contributed by atoms with van der Waals surface area (Å²) >= 11 is 1.39. The highest BCUT2D eigenvalue weighted by atomic mass is 32.2. The molecule has 2 rings (SSSR count). The highest BCUT2D eigenvalue weighted by Gasteiger charge is 2.14. The molecule has 0 aromatic heterocycles. The van der Waals surface area contributed by atoms with Gasteiger partial charge >= 0.3 is 0 Å². The molecular formula is C15H14N2O3S. The first-order valence-electron chi connectivity index (χ1n) is 6.29. The Morgan fingerprint density at radius 1 is 1.24 bits per heavy atom. The molecule has 0 saturated heterocycles. The topological polar surface area (TPSA) is 72.2 Å². The van der Waals surface area contributed by atoms with Gasteiger partial charge in [-0.15, -0.1) is 11.8 Å². The third-order valence-corrected chi connectivity index (χ3v) is 3.73. The minimum absolute atomic E-state index is 0.105. The van der Waals surface area contributed by atoms with Crippen LogP contribution in [0.5, 0.6) is 0 Å². The van der Waals surface area contributed by atoms with E-state index in [4.69, 9.17) is 0 Å². The fourth-order valence-corrected chi connectivity index (χ4v) is 2.59. The summed E-state index contributed by atoms with van der Waals surface area (Å²) in [7, 11) is 0. The summed E-state index contributed by atoms with van der Waals surface area (Å²) in [4.78, 5) is 23.2. The second-order valence-electron chi connectivity index (χ2n) is 4.43. The van der Waals surface area contributed by atoms with Gasteiger partial charge in [0.15, 0.2) is 0 Å². The monoisotopic (exact) mass is 302 g/mol. The zero-order valence-corrected chi connectivity index (χ0v) is 12.2. The van der Waals surface area contributed by atoms with E-state index < -0.39 is 4.92 Å². The van der Waals surface area contributed by atoms with E-state index in [1.54, 1.807) is 12.1 Å². The van der Waals surface area contributed by atoms with Gasteiger partial charge in [-0.1, -0.05) is 29.8 Å². The lowest BCUT2D eigenvalue weighted by Crippen LogP contribution is -2.15. The molecule has 0 unspecified atom stereocenters. The molecule has 0 aliphatic carbocycles.